The number of fused-ring (bicyclic) bond motifs is 2. The lowest BCUT2D eigenvalue weighted by Gasteiger charge is -2.61. The number of aromatic nitrogens is 1. The summed E-state index contributed by atoms with van der Waals surface area (Å²) in [6.07, 6.45) is 4.43. The van der Waals surface area contributed by atoms with Gasteiger partial charge in [0.2, 0.25) is 0 Å². The number of nitrogens with zero attached hydrogens (tertiary/aromatic N) is 1. The minimum absolute atomic E-state index is 0.1000. The van der Waals surface area contributed by atoms with Gasteiger partial charge in [0.1, 0.15) is 6.10 Å². The Hall–Kier alpha value is -1.38. The van der Waals surface area contributed by atoms with Crippen molar-refractivity contribution in [3.8, 4) is 0 Å². The van der Waals surface area contributed by atoms with E-state index in [1.165, 1.54) is 6.42 Å². The highest BCUT2D eigenvalue weighted by Gasteiger charge is 2.57. The monoisotopic (exact) mass is 273 g/mol. The summed E-state index contributed by atoms with van der Waals surface area (Å²) in [5.74, 6) is 1.76. The highest BCUT2D eigenvalue weighted by atomic mass is 16.5. The molecule has 3 aliphatic carbocycles. The minimum Gasteiger partial charge on any atom is -0.462 e. The van der Waals surface area contributed by atoms with Gasteiger partial charge in [0.15, 0.2) is 0 Å². The van der Waals surface area contributed by atoms with Crippen LogP contribution in [0.25, 0.3) is 0 Å². The molecule has 0 N–H and O–H groups in total. The van der Waals surface area contributed by atoms with Crippen LogP contribution in [0.3, 0.4) is 0 Å². The molecule has 1 aromatic rings. The fourth-order valence-electron chi connectivity index (χ4n) is 4.12. The van der Waals surface area contributed by atoms with Crippen molar-refractivity contribution in [2.24, 2.45) is 23.2 Å². The van der Waals surface area contributed by atoms with Crippen molar-refractivity contribution >= 4 is 5.97 Å². The van der Waals surface area contributed by atoms with E-state index in [9.17, 15) is 4.79 Å². The maximum absolute atomic E-state index is 12.0. The van der Waals surface area contributed by atoms with Crippen molar-refractivity contribution in [3.63, 3.8) is 0 Å². The van der Waals surface area contributed by atoms with Crippen LogP contribution < -0.4 is 0 Å². The molecule has 4 rings (SSSR count). The Morgan fingerprint density at radius 2 is 2.20 bits per heavy atom. The van der Waals surface area contributed by atoms with Gasteiger partial charge in [-0.1, -0.05) is 26.8 Å². The Morgan fingerprint density at radius 1 is 1.40 bits per heavy atom. The predicted octanol–water partition coefficient (Wildman–Crippen LogP) is 3.24. The lowest BCUT2D eigenvalue weighted by molar-refractivity contribution is -0.185. The third-order valence-electron chi connectivity index (χ3n) is 5.62. The van der Waals surface area contributed by atoms with Gasteiger partial charge in [-0.15, -0.1) is 0 Å². The third-order valence-corrected chi connectivity index (χ3v) is 5.62. The molecule has 3 aliphatic rings. The quantitative estimate of drug-likeness (QED) is 0.794. The number of carbonyl (C=O) groups is 1. The lowest BCUT2D eigenvalue weighted by atomic mass is 9.45. The minimum atomic E-state index is -0.139. The van der Waals surface area contributed by atoms with Crippen LogP contribution in [0, 0.1) is 23.2 Å². The zero-order valence-electron chi connectivity index (χ0n) is 12.5. The van der Waals surface area contributed by atoms with Gasteiger partial charge < -0.3 is 4.74 Å². The Balaban J connectivity index is 1.58. The highest BCUT2D eigenvalue weighted by molar-refractivity contribution is 5.72. The topological polar surface area (TPSA) is 39.2 Å². The molecule has 1 aromatic heterocycles. The van der Waals surface area contributed by atoms with Crippen molar-refractivity contribution in [3.05, 3.63) is 30.1 Å². The molecule has 0 radical (unpaired) electrons. The summed E-state index contributed by atoms with van der Waals surface area (Å²) >= 11 is 0. The fourth-order valence-corrected chi connectivity index (χ4v) is 4.12. The molecule has 0 amide bonds. The second kappa shape index (κ2) is 4.87. The molecule has 108 valence electrons. The van der Waals surface area contributed by atoms with Gasteiger partial charge in [-0.05, 0) is 48.1 Å². The Bertz CT molecular complexity index is 497. The number of pyridine rings is 1. The Kier molecular flexibility index (Phi) is 3.31. The predicted molar refractivity (Wildman–Crippen MR) is 77.0 cm³/mol. The second-order valence-electron chi connectivity index (χ2n) is 6.98. The van der Waals surface area contributed by atoms with E-state index in [4.69, 9.17) is 4.74 Å². The summed E-state index contributed by atoms with van der Waals surface area (Å²) < 4.78 is 5.72. The van der Waals surface area contributed by atoms with E-state index in [0.29, 0.717) is 17.3 Å². The molecule has 3 nitrogen and oxygen atoms in total. The largest absolute Gasteiger partial charge is 0.462 e. The first kappa shape index (κ1) is 13.6. The van der Waals surface area contributed by atoms with Crippen LogP contribution in [-0.2, 0) is 16.0 Å². The first-order valence-corrected chi connectivity index (χ1v) is 7.58. The van der Waals surface area contributed by atoms with Crippen LogP contribution in [0.2, 0.25) is 0 Å². The van der Waals surface area contributed by atoms with Crippen LogP contribution in [0.5, 0.6) is 0 Å². The average molecular weight is 273 g/mol. The summed E-state index contributed by atoms with van der Waals surface area (Å²) in [4.78, 5) is 16.2. The number of hydrogen-bond acceptors (Lipinski definition) is 3. The third kappa shape index (κ3) is 2.23. The molecule has 0 spiro atoms. The van der Waals surface area contributed by atoms with E-state index in [2.05, 4.69) is 25.8 Å². The summed E-state index contributed by atoms with van der Waals surface area (Å²) in [6, 6.07) is 5.62. The number of esters is 1. The normalized spacial score (nSPS) is 34.1. The van der Waals surface area contributed by atoms with Crippen LogP contribution in [0.15, 0.2) is 24.4 Å². The first-order chi connectivity index (χ1) is 9.48. The molecule has 20 heavy (non-hydrogen) atoms. The smallest absolute Gasteiger partial charge is 0.312 e. The molecule has 1 heterocycles. The van der Waals surface area contributed by atoms with E-state index >= 15 is 0 Å². The van der Waals surface area contributed by atoms with Crippen molar-refractivity contribution in [2.75, 3.05) is 0 Å². The second-order valence-corrected chi connectivity index (χ2v) is 6.98. The lowest BCUT2D eigenvalue weighted by Crippen LogP contribution is -2.57. The van der Waals surface area contributed by atoms with E-state index in [1.54, 1.807) is 6.20 Å². The Labute approximate surface area is 120 Å². The standard InChI is InChI=1S/C17H23NO2/c1-11-14-8-12(17(14,2)3)9-15(11)20-16(19)10-13-6-4-5-7-18-13/h4-7,11-12,14-15H,8-10H2,1-3H3/t11-,12+,14-,15-/m0/s1. The summed E-state index contributed by atoms with van der Waals surface area (Å²) in [5, 5.41) is 0. The zero-order chi connectivity index (χ0) is 14.3. The number of ether oxygens (including phenoxy) is 1. The molecule has 0 unspecified atom stereocenters. The van der Waals surface area contributed by atoms with E-state index in [-0.39, 0.29) is 18.5 Å². The highest BCUT2D eigenvalue weighted by Crippen LogP contribution is 2.61. The molecule has 3 heteroatoms. The summed E-state index contributed by atoms with van der Waals surface area (Å²) in [6.45, 7) is 6.95. The van der Waals surface area contributed by atoms with E-state index in [0.717, 1.165) is 18.0 Å². The van der Waals surface area contributed by atoms with Gasteiger partial charge in [0.25, 0.3) is 0 Å². The van der Waals surface area contributed by atoms with Gasteiger partial charge in [-0.3, -0.25) is 9.78 Å². The molecule has 0 aromatic carbocycles. The number of carbonyl (C=O) groups excluding carboxylic acids is 1. The summed E-state index contributed by atoms with van der Waals surface area (Å²) in [5.41, 5.74) is 1.22. The van der Waals surface area contributed by atoms with Gasteiger partial charge in [-0.25, -0.2) is 0 Å². The number of hydrogen-bond donors (Lipinski definition) is 0. The molecule has 4 atom stereocenters. The van der Waals surface area contributed by atoms with Crippen LogP contribution in [0.1, 0.15) is 39.3 Å². The number of rotatable bonds is 3. The molecule has 0 saturated heterocycles. The van der Waals surface area contributed by atoms with Gasteiger partial charge in [0.05, 0.1) is 12.1 Å². The van der Waals surface area contributed by atoms with Gasteiger partial charge in [0, 0.05) is 6.20 Å². The van der Waals surface area contributed by atoms with E-state index < -0.39 is 0 Å². The maximum atomic E-state index is 12.0. The Morgan fingerprint density at radius 3 is 2.80 bits per heavy atom. The zero-order valence-corrected chi connectivity index (χ0v) is 12.5. The van der Waals surface area contributed by atoms with Gasteiger partial charge >= 0.3 is 5.97 Å². The molecular formula is C17H23NO2. The van der Waals surface area contributed by atoms with Gasteiger partial charge in [-0.2, -0.15) is 0 Å². The van der Waals surface area contributed by atoms with Crippen molar-refractivity contribution in [1.29, 1.82) is 0 Å². The first-order valence-electron chi connectivity index (χ1n) is 7.58. The SMILES string of the molecule is C[C@@H]1[C@@H](OC(=O)Cc2ccccn2)C[C@H]2C[C@@H]1C2(C)C. The maximum Gasteiger partial charge on any atom is 0.312 e. The van der Waals surface area contributed by atoms with Crippen LogP contribution in [-0.4, -0.2) is 17.1 Å². The van der Waals surface area contributed by atoms with Crippen molar-refractivity contribution in [1.82, 2.24) is 4.98 Å². The molecule has 3 fully saturated rings. The fraction of sp³-hybridized carbons (Fsp3) is 0.647. The van der Waals surface area contributed by atoms with Crippen LogP contribution in [0.4, 0.5) is 0 Å². The van der Waals surface area contributed by atoms with Crippen molar-refractivity contribution in [2.45, 2.75) is 46.1 Å². The molecule has 2 bridgehead atoms. The molecular weight excluding hydrogens is 250 g/mol. The van der Waals surface area contributed by atoms with Crippen LogP contribution >= 0.6 is 0 Å². The summed E-state index contributed by atoms with van der Waals surface area (Å²) in [7, 11) is 0. The molecule has 0 aliphatic heterocycles. The van der Waals surface area contributed by atoms with Crippen molar-refractivity contribution < 1.29 is 9.53 Å². The molecule has 3 saturated carbocycles. The average Bonchev–Trinajstić information content (AvgIpc) is 2.41. The van der Waals surface area contributed by atoms with E-state index in [1.807, 2.05) is 18.2 Å².